The van der Waals surface area contributed by atoms with Crippen LogP contribution in [0.5, 0.6) is 0 Å². The second-order valence-corrected chi connectivity index (χ2v) is 4.76. The molecule has 2 rings (SSSR count). The molecule has 3 N–H and O–H groups in total. The molecule has 0 aromatic heterocycles. The van der Waals surface area contributed by atoms with Gasteiger partial charge in [0.1, 0.15) is 6.04 Å². The number of primary amides is 1. The second kappa shape index (κ2) is 4.75. The van der Waals surface area contributed by atoms with Crippen molar-refractivity contribution in [1.29, 1.82) is 0 Å². The molecule has 1 aromatic rings. The molecule has 17 heavy (non-hydrogen) atoms. The van der Waals surface area contributed by atoms with E-state index >= 15 is 0 Å². The molecule has 92 valence electrons. The van der Waals surface area contributed by atoms with E-state index < -0.39 is 0 Å². The van der Waals surface area contributed by atoms with E-state index in [1.54, 1.807) is 0 Å². The van der Waals surface area contributed by atoms with Crippen LogP contribution in [0.15, 0.2) is 24.3 Å². The first-order chi connectivity index (χ1) is 8.08. The minimum Gasteiger partial charge on any atom is -0.378 e. The number of hydrogen-bond donors (Lipinski definition) is 2. The smallest absolute Gasteiger partial charge is 0.239 e. The van der Waals surface area contributed by atoms with Crippen LogP contribution in [0.4, 0.5) is 5.69 Å². The summed E-state index contributed by atoms with van der Waals surface area (Å²) in [5, 5.41) is 3.27. The van der Waals surface area contributed by atoms with Crippen LogP contribution < -0.4 is 16.0 Å². The lowest BCUT2D eigenvalue weighted by Gasteiger charge is -2.17. The minimum absolute atomic E-state index is 0.311. The van der Waals surface area contributed by atoms with Crippen molar-refractivity contribution >= 4 is 11.6 Å². The maximum absolute atomic E-state index is 11.4. The first kappa shape index (κ1) is 11.9. The summed E-state index contributed by atoms with van der Waals surface area (Å²) < 4.78 is 0. The van der Waals surface area contributed by atoms with Crippen LogP contribution in [-0.4, -0.2) is 26.0 Å². The predicted molar refractivity (Wildman–Crippen MR) is 68.9 cm³/mol. The predicted octanol–water partition coefficient (Wildman–Crippen LogP) is 1.03. The van der Waals surface area contributed by atoms with Crippen LogP contribution in [0.25, 0.3) is 0 Å². The molecule has 4 nitrogen and oxygen atoms in total. The third kappa shape index (κ3) is 2.97. The maximum Gasteiger partial charge on any atom is 0.239 e. The highest BCUT2D eigenvalue weighted by Gasteiger charge is 2.28. The highest BCUT2D eigenvalue weighted by atomic mass is 16.1. The van der Waals surface area contributed by atoms with Crippen LogP contribution in [0.1, 0.15) is 24.4 Å². The Balaban J connectivity index is 2.14. The van der Waals surface area contributed by atoms with Gasteiger partial charge in [0.2, 0.25) is 5.91 Å². The van der Waals surface area contributed by atoms with Crippen LogP contribution in [0, 0.1) is 0 Å². The zero-order valence-electron chi connectivity index (χ0n) is 10.3. The largest absolute Gasteiger partial charge is 0.378 e. The van der Waals surface area contributed by atoms with E-state index in [1.807, 2.05) is 43.3 Å². The first-order valence-corrected chi connectivity index (χ1v) is 5.90. The Morgan fingerprint density at radius 1 is 1.35 bits per heavy atom. The summed E-state index contributed by atoms with van der Waals surface area (Å²) in [7, 11) is 3.98. The zero-order valence-corrected chi connectivity index (χ0v) is 10.3. The summed E-state index contributed by atoms with van der Waals surface area (Å²) in [4.78, 5) is 13.5. The molecule has 1 unspecified atom stereocenters. The Labute approximate surface area is 102 Å². The van der Waals surface area contributed by atoms with E-state index in [0.29, 0.717) is 6.04 Å². The van der Waals surface area contributed by atoms with Gasteiger partial charge in [-0.25, -0.2) is 0 Å². The molecule has 1 saturated carbocycles. The van der Waals surface area contributed by atoms with Crippen LogP contribution in [0.2, 0.25) is 0 Å². The molecule has 0 saturated heterocycles. The monoisotopic (exact) mass is 233 g/mol. The number of amides is 1. The Hall–Kier alpha value is -1.55. The van der Waals surface area contributed by atoms with E-state index in [4.69, 9.17) is 5.73 Å². The van der Waals surface area contributed by atoms with E-state index in [9.17, 15) is 4.79 Å². The summed E-state index contributed by atoms with van der Waals surface area (Å²) in [6, 6.07) is 8.01. The number of benzene rings is 1. The van der Waals surface area contributed by atoms with Crippen molar-refractivity contribution in [3.8, 4) is 0 Å². The summed E-state index contributed by atoms with van der Waals surface area (Å²) in [5.41, 5.74) is 7.48. The van der Waals surface area contributed by atoms with Crippen LogP contribution in [0.3, 0.4) is 0 Å². The lowest BCUT2D eigenvalue weighted by atomic mass is 10.1. The highest BCUT2D eigenvalue weighted by Crippen LogP contribution is 2.25. The van der Waals surface area contributed by atoms with E-state index in [2.05, 4.69) is 5.32 Å². The topological polar surface area (TPSA) is 58.4 Å². The van der Waals surface area contributed by atoms with Crippen molar-refractivity contribution in [3.63, 3.8) is 0 Å². The van der Waals surface area contributed by atoms with Crippen LogP contribution in [-0.2, 0) is 4.79 Å². The van der Waals surface area contributed by atoms with Gasteiger partial charge in [0.25, 0.3) is 0 Å². The van der Waals surface area contributed by atoms with Gasteiger partial charge in [0.05, 0.1) is 0 Å². The third-order valence-electron chi connectivity index (χ3n) is 3.01. The van der Waals surface area contributed by atoms with E-state index in [-0.39, 0.29) is 11.9 Å². The second-order valence-electron chi connectivity index (χ2n) is 4.76. The van der Waals surface area contributed by atoms with Gasteiger partial charge in [-0.2, -0.15) is 0 Å². The Kier molecular flexibility index (Phi) is 3.33. The zero-order chi connectivity index (χ0) is 12.4. The van der Waals surface area contributed by atoms with Gasteiger partial charge in [-0.1, -0.05) is 12.1 Å². The molecule has 1 aliphatic rings. The molecular formula is C13H19N3O. The van der Waals surface area contributed by atoms with Crippen molar-refractivity contribution in [2.45, 2.75) is 24.9 Å². The fraction of sp³-hybridized carbons (Fsp3) is 0.462. The number of nitrogens with zero attached hydrogens (tertiary/aromatic N) is 1. The number of nitrogens with two attached hydrogens (primary N) is 1. The third-order valence-corrected chi connectivity index (χ3v) is 3.01. The summed E-state index contributed by atoms with van der Waals surface area (Å²) >= 11 is 0. The summed E-state index contributed by atoms with van der Waals surface area (Å²) in [6.45, 7) is 0. The SMILES string of the molecule is CN(C)c1ccc(C(NC2CC2)C(N)=O)cc1. The maximum atomic E-state index is 11.4. The van der Waals surface area contributed by atoms with E-state index in [1.165, 1.54) is 0 Å². The average Bonchev–Trinajstić information content (AvgIpc) is 3.09. The number of carbonyl (C=O) groups is 1. The molecule has 1 aliphatic carbocycles. The lowest BCUT2D eigenvalue weighted by molar-refractivity contribution is -0.120. The quantitative estimate of drug-likeness (QED) is 0.798. The van der Waals surface area contributed by atoms with Crippen molar-refractivity contribution in [2.75, 3.05) is 19.0 Å². The number of nitrogens with one attached hydrogen (secondary N) is 1. The Morgan fingerprint density at radius 2 is 1.94 bits per heavy atom. The number of anilines is 1. The van der Waals surface area contributed by atoms with Gasteiger partial charge >= 0.3 is 0 Å². The number of rotatable bonds is 5. The van der Waals surface area contributed by atoms with Gasteiger partial charge in [-0.15, -0.1) is 0 Å². The van der Waals surface area contributed by atoms with Crippen molar-refractivity contribution in [1.82, 2.24) is 5.32 Å². The Morgan fingerprint density at radius 3 is 2.35 bits per heavy atom. The molecule has 0 heterocycles. The molecule has 0 aliphatic heterocycles. The molecule has 0 bridgehead atoms. The molecule has 1 amide bonds. The van der Waals surface area contributed by atoms with E-state index in [0.717, 1.165) is 24.1 Å². The van der Waals surface area contributed by atoms with Gasteiger partial charge < -0.3 is 10.6 Å². The molecule has 1 fully saturated rings. The average molecular weight is 233 g/mol. The number of carbonyl (C=O) groups excluding carboxylic acids is 1. The summed E-state index contributed by atoms with van der Waals surface area (Å²) in [5.74, 6) is -0.311. The summed E-state index contributed by atoms with van der Waals surface area (Å²) in [6.07, 6.45) is 2.28. The minimum atomic E-state index is -0.362. The van der Waals surface area contributed by atoms with Gasteiger partial charge in [0, 0.05) is 25.8 Å². The normalized spacial score (nSPS) is 16.6. The number of hydrogen-bond acceptors (Lipinski definition) is 3. The fourth-order valence-corrected chi connectivity index (χ4v) is 1.79. The molecule has 0 spiro atoms. The van der Waals surface area contributed by atoms with Gasteiger partial charge in [-0.3, -0.25) is 10.1 Å². The molecule has 0 radical (unpaired) electrons. The van der Waals surface area contributed by atoms with Crippen molar-refractivity contribution in [2.24, 2.45) is 5.73 Å². The highest BCUT2D eigenvalue weighted by molar-refractivity contribution is 5.81. The molecular weight excluding hydrogens is 214 g/mol. The van der Waals surface area contributed by atoms with Crippen molar-refractivity contribution < 1.29 is 4.79 Å². The molecule has 1 aromatic carbocycles. The standard InChI is InChI=1S/C13H19N3O/c1-16(2)11-7-3-9(4-8-11)12(13(14)17)15-10-5-6-10/h3-4,7-8,10,12,15H,5-6H2,1-2H3,(H2,14,17). The van der Waals surface area contributed by atoms with Gasteiger partial charge in [-0.05, 0) is 30.5 Å². The molecule has 1 atom stereocenters. The Bertz CT molecular complexity index is 396. The fourth-order valence-electron chi connectivity index (χ4n) is 1.79. The first-order valence-electron chi connectivity index (χ1n) is 5.90. The lowest BCUT2D eigenvalue weighted by Crippen LogP contribution is -2.34. The van der Waals surface area contributed by atoms with Crippen LogP contribution >= 0.6 is 0 Å². The molecule has 4 heteroatoms. The van der Waals surface area contributed by atoms with Gasteiger partial charge in [0.15, 0.2) is 0 Å². The van der Waals surface area contributed by atoms with Crippen molar-refractivity contribution in [3.05, 3.63) is 29.8 Å².